The fraction of sp³-hybridized carbons (Fsp3) is 0.600. The number of rotatable bonds is 3. The zero-order valence-electron chi connectivity index (χ0n) is 10.4. The standard InChI is InChI=1S/C15H20Cl2/c1-15(9-5-2-6-10-15)14(17)11-12-7-3-4-8-13(12)16/h3-4,7-8,14H,2,5-6,9-11H2,1H3. The summed E-state index contributed by atoms with van der Waals surface area (Å²) in [5.74, 6) is 0. The molecule has 0 N–H and O–H groups in total. The summed E-state index contributed by atoms with van der Waals surface area (Å²) in [6, 6.07) is 8.04. The van der Waals surface area contributed by atoms with E-state index in [1.54, 1.807) is 0 Å². The molecule has 1 aliphatic carbocycles. The van der Waals surface area contributed by atoms with E-state index in [2.05, 4.69) is 13.0 Å². The van der Waals surface area contributed by atoms with Crippen LogP contribution in [0, 0.1) is 5.41 Å². The van der Waals surface area contributed by atoms with Gasteiger partial charge in [-0.25, -0.2) is 0 Å². The van der Waals surface area contributed by atoms with Gasteiger partial charge in [-0.1, -0.05) is 56.0 Å². The molecule has 17 heavy (non-hydrogen) atoms. The molecule has 1 saturated carbocycles. The summed E-state index contributed by atoms with van der Waals surface area (Å²) in [6.07, 6.45) is 7.41. The van der Waals surface area contributed by atoms with Crippen molar-refractivity contribution in [3.8, 4) is 0 Å². The third-order valence-electron chi connectivity index (χ3n) is 4.11. The Balaban J connectivity index is 2.05. The predicted molar refractivity (Wildman–Crippen MR) is 76.0 cm³/mol. The van der Waals surface area contributed by atoms with Crippen LogP contribution in [0.1, 0.15) is 44.6 Å². The molecular formula is C15H20Cl2. The largest absolute Gasteiger partial charge is 0.122 e. The Hall–Kier alpha value is -0.200. The lowest BCUT2D eigenvalue weighted by molar-refractivity contribution is 0.205. The predicted octanol–water partition coefficient (Wildman–Crippen LogP) is 5.46. The van der Waals surface area contributed by atoms with Crippen LogP contribution >= 0.6 is 23.2 Å². The minimum Gasteiger partial charge on any atom is -0.122 e. The molecule has 1 fully saturated rings. The third kappa shape index (κ3) is 3.17. The Kier molecular flexibility index (Phi) is 4.38. The zero-order valence-corrected chi connectivity index (χ0v) is 11.9. The first kappa shape index (κ1) is 13.2. The number of benzene rings is 1. The molecule has 0 aromatic heterocycles. The Morgan fingerprint density at radius 2 is 1.82 bits per heavy atom. The summed E-state index contributed by atoms with van der Waals surface area (Å²) in [7, 11) is 0. The summed E-state index contributed by atoms with van der Waals surface area (Å²) in [4.78, 5) is 0. The Morgan fingerprint density at radius 3 is 2.47 bits per heavy atom. The first-order valence-electron chi connectivity index (χ1n) is 6.49. The second-order valence-corrected chi connectivity index (χ2v) is 6.41. The van der Waals surface area contributed by atoms with E-state index in [4.69, 9.17) is 23.2 Å². The molecule has 1 aromatic rings. The fourth-order valence-electron chi connectivity index (χ4n) is 2.78. The van der Waals surface area contributed by atoms with Crippen LogP contribution < -0.4 is 0 Å². The number of halogens is 2. The van der Waals surface area contributed by atoms with Gasteiger partial charge < -0.3 is 0 Å². The number of hydrogen-bond acceptors (Lipinski definition) is 0. The zero-order chi connectivity index (χ0) is 12.3. The lowest BCUT2D eigenvalue weighted by Crippen LogP contribution is -2.32. The average molecular weight is 271 g/mol. The Bertz CT molecular complexity index is 367. The van der Waals surface area contributed by atoms with E-state index in [-0.39, 0.29) is 5.38 Å². The summed E-state index contributed by atoms with van der Waals surface area (Å²) < 4.78 is 0. The van der Waals surface area contributed by atoms with Crippen LogP contribution in [0.4, 0.5) is 0 Å². The molecule has 1 aromatic carbocycles. The van der Waals surface area contributed by atoms with E-state index < -0.39 is 0 Å². The van der Waals surface area contributed by atoms with Gasteiger partial charge in [-0.3, -0.25) is 0 Å². The van der Waals surface area contributed by atoms with Crippen LogP contribution in [0.25, 0.3) is 0 Å². The van der Waals surface area contributed by atoms with Gasteiger partial charge in [-0.15, -0.1) is 11.6 Å². The lowest BCUT2D eigenvalue weighted by Gasteiger charge is -2.37. The van der Waals surface area contributed by atoms with Gasteiger partial charge in [0.05, 0.1) is 0 Å². The molecule has 2 rings (SSSR count). The summed E-state index contributed by atoms with van der Waals surface area (Å²) in [5, 5.41) is 1.04. The van der Waals surface area contributed by atoms with Gasteiger partial charge >= 0.3 is 0 Å². The van der Waals surface area contributed by atoms with Crippen molar-refractivity contribution in [2.24, 2.45) is 5.41 Å². The van der Waals surface area contributed by atoms with Crippen molar-refractivity contribution in [2.45, 2.75) is 50.8 Å². The highest BCUT2D eigenvalue weighted by Crippen LogP contribution is 2.42. The molecule has 0 bridgehead atoms. The number of alkyl halides is 1. The van der Waals surface area contributed by atoms with Gasteiger partial charge in [0.25, 0.3) is 0 Å². The van der Waals surface area contributed by atoms with E-state index in [1.165, 1.54) is 37.7 Å². The quantitative estimate of drug-likeness (QED) is 0.640. The number of hydrogen-bond donors (Lipinski definition) is 0. The van der Waals surface area contributed by atoms with E-state index in [1.807, 2.05) is 18.2 Å². The second kappa shape index (κ2) is 5.63. The van der Waals surface area contributed by atoms with Crippen molar-refractivity contribution >= 4 is 23.2 Å². The highest BCUT2D eigenvalue weighted by Gasteiger charge is 2.34. The van der Waals surface area contributed by atoms with Crippen molar-refractivity contribution in [3.05, 3.63) is 34.9 Å². The van der Waals surface area contributed by atoms with Crippen LogP contribution in [0.15, 0.2) is 24.3 Å². The smallest absolute Gasteiger partial charge is 0.0438 e. The van der Waals surface area contributed by atoms with Gasteiger partial charge in [-0.2, -0.15) is 0 Å². The van der Waals surface area contributed by atoms with Crippen molar-refractivity contribution in [1.82, 2.24) is 0 Å². The van der Waals surface area contributed by atoms with Gasteiger partial charge in [0.15, 0.2) is 0 Å². The molecule has 0 saturated heterocycles. The minimum absolute atomic E-state index is 0.197. The Morgan fingerprint density at radius 1 is 1.18 bits per heavy atom. The highest BCUT2D eigenvalue weighted by molar-refractivity contribution is 6.31. The summed E-state index contributed by atoms with van der Waals surface area (Å²) in [5.41, 5.74) is 1.47. The molecule has 94 valence electrons. The molecule has 1 atom stereocenters. The first-order chi connectivity index (χ1) is 8.12. The maximum atomic E-state index is 6.65. The van der Waals surface area contributed by atoms with Gasteiger partial charge in [0.2, 0.25) is 0 Å². The van der Waals surface area contributed by atoms with Crippen LogP contribution in [0.3, 0.4) is 0 Å². The van der Waals surface area contributed by atoms with Gasteiger partial charge in [0.1, 0.15) is 0 Å². The topological polar surface area (TPSA) is 0 Å². The summed E-state index contributed by atoms with van der Waals surface area (Å²) in [6.45, 7) is 2.33. The maximum Gasteiger partial charge on any atom is 0.0438 e. The van der Waals surface area contributed by atoms with E-state index in [9.17, 15) is 0 Å². The maximum absolute atomic E-state index is 6.65. The molecular weight excluding hydrogens is 251 g/mol. The van der Waals surface area contributed by atoms with Crippen molar-refractivity contribution < 1.29 is 0 Å². The lowest BCUT2D eigenvalue weighted by atomic mass is 9.72. The molecule has 2 heteroatoms. The SMILES string of the molecule is CC1(C(Cl)Cc2ccccc2Cl)CCCCC1. The fourth-order valence-corrected chi connectivity index (χ4v) is 3.37. The van der Waals surface area contributed by atoms with E-state index in [0.717, 1.165) is 11.4 Å². The molecule has 0 aliphatic heterocycles. The monoisotopic (exact) mass is 270 g/mol. The second-order valence-electron chi connectivity index (χ2n) is 5.48. The first-order valence-corrected chi connectivity index (χ1v) is 7.31. The molecule has 0 heterocycles. The van der Waals surface area contributed by atoms with Crippen molar-refractivity contribution in [3.63, 3.8) is 0 Å². The van der Waals surface area contributed by atoms with Crippen LogP contribution in [-0.4, -0.2) is 5.38 Å². The normalized spacial score (nSPS) is 21.1. The molecule has 0 amide bonds. The molecule has 0 nitrogen and oxygen atoms in total. The van der Waals surface area contributed by atoms with Crippen LogP contribution in [-0.2, 0) is 6.42 Å². The van der Waals surface area contributed by atoms with Crippen molar-refractivity contribution in [2.75, 3.05) is 0 Å². The average Bonchev–Trinajstić information content (AvgIpc) is 2.33. The third-order valence-corrected chi connectivity index (χ3v) is 5.16. The minimum atomic E-state index is 0.197. The van der Waals surface area contributed by atoms with Crippen LogP contribution in [0.2, 0.25) is 5.02 Å². The van der Waals surface area contributed by atoms with Gasteiger partial charge in [0, 0.05) is 10.4 Å². The molecule has 1 aliphatic rings. The molecule has 0 radical (unpaired) electrons. The van der Waals surface area contributed by atoms with E-state index >= 15 is 0 Å². The summed E-state index contributed by atoms with van der Waals surface area (Å²) >= 11 is 12.8. The van der Waals surface area contributed by atoms with Crippen LogP contribution in [0.5, 0.6) is 0 Å². The molecule has 1 unspecified atom stereocenters. The highest BCUT2D eigenvalue weighted by atomic mass is 35.5. The van der Waals surface area contributed by atoms with Gasteiger partial charge in [-0.05, 0) is 36.3 Å². The molecule has 0 spiro atoms. The van der Waals surface area contributed by atoms with Crippen molar-refractivity contribution in [1.29, 1.82) is 0 Å². The Labute approximate surface area is 114 Å². The van der Waals surface area contributed by atoms with E-state index in [0.29, 0.717) is 5.41 Å².